The molecule has 1 aliphatic rings. The van der Waals surface area contributed by atoms with Gasteiger partial charge in [-0.1, -0.05) is 6.92 Å². The second-order valence-corrected chi connectivity index (χ2v) is 8.03. The van der Waals surface area contributed by atoms with Crippen LogP contribution in [0.15, 0.2) is 46.3 Å². The predicted octanol–water partition coefficient (Wildman–Crippen LogP) is 4.47. The normalized spacial score (nSPS) is 14.2. The van der Waals surface area contributed by atoms with Crippen LogP contribution >= 0.6 is 11.8 Å². The van der Waals surface area contributed by atoms with E-state index in [4.69, 9.17) is 0 Å². The number of aromatic amines is 1. The second kappa shape index (κ2) is 6.64. The van der Waals surface area contributed by atoms with Crippen LogP contribution < -0.4 is 10.9 Å². The Kier molecular flexibility index (Phi) is 4.34. The highest BCUT2D eigenvalue weighted by atomic mass is 32.2. The van der Waals surface area contributed by atoms with Gasteiger partial charge in [-0.15, -0.1) is 11.8 Å². The lowest BCUT2D eigenvalue weighted by Gasteiger charge is -2.15. The molecule has 0 amide bonds. The van der Waals surface area contributed by atoms with E-state index in [0.717, 1.165) is 34.9 Å². The zero-order chi connectivity index (χ0) is 17.4. The number of aryl methyl sites for hydroxylation is 1. The van der Waals surface area contributed by atoms with Gasteiger partial charge in [0.1, 0.15) is 5.52 Å². The van der Waals surface area contributed by atoms with Crippen molar-refractivity contribution < 1.29 is 0 Å². The summed E-state index contributed by atoms with van der Waals surface area (Å²) in [6, 6.07) is 8.61. The third kappa shape index (κ3) is 3.21. The van der Waals surface area contributed by atoms with Crippen LogP contribution in [0.4, 0.5) is 5.69 Å². The number of nitrogens with one attached hydrogen (secondary N) is 2. The maximum atomic E-state index is 12.4. The molecule has 0 spiro atoms. The van der Waals surface area contributed by atoms with Gasteiger partial charge in [-0.05, 0) is 48.8 Å². The summed E-state index contributed by atoms with van der Waals surface area (Å²) in [6.45, 7) is 3.19. The average molecular weight is 353 g/mol. The van der Waals surface area contributed by atoms with Crippen molar-refractivity contribution >= 4 is 28.4 Å². The number of benzene rings is 1. The van der Waals surface area contributed by atoms with Crippen molar-refractivity contribution in [2.24, 2.45) is 13.0 Å². The quantitative estimate of drug-likeness (QED) is 0.643. The molecular formula is C20H23N3OS. The van der Waals surface area contributed by atoms with Crippen LogP contribution in [0.3, 0.4) is 0 Å². The summed E-state index contributed by atoms with van der Waals surface area (Å²) in [5.74, 6) is 1.85. The Balaban J connectivity index is 1.87. The average Bonchev–Trinajstić information content (AvgIpc) is 3.31. The maximum absolute atomic E-state index is 12.4. The Morgan fingerprint density at radius 1 is 1.28 bits per heavy atom. The van der Waals surface area contributed by atoms with Crippen molar-refractivity contribution in [2.75, 3.05) is 17.6 Å². The number of thioether (sulfide) groups is 1. The minimum absolute atomic E-state index is 0.00956. The molecule has 1 fully saturated rings. The SMILES string of the molecule is CCSc1ccc(NCC2CC2)c(-c2cn(C)c(=O)c3[nH]ccc23)c1. The minimum Gasteiger partial charge on any atom is -0.384 e. The van der Waals surface area contributed by atoms with Gasteiger partial charge in [0, 0.05) is 53.1 Å². The molecule has 5 heteroatoms. The molecule has 1 aromatic carbocycles. The third-order valence-corrected chi connectivity index (χ3v) is 5.64. The van der Waals surface area contributed by atoms with Crippen LogP contribution in [0.25, 0.3) is 22.0 Å². The van der Waals surface area contributed by atoms with Crippen molar-refractivity contribution in [2.45, 2.75) is 24.7 Å². The third-order valence-electron chi connectivity index (χ3n) is 4.76. The first kappa shape index (κ1) is 16.3. The van der Waals surface area contributed by atoms with Crippen molar-refractivity contribution in [3.63, 3.8) is 0 Å². The molecule has 2 N–H and O–H groups in total. The van der Waals surface area contributed by atoms with Crippen LogP contribution in [0, 0.1) is 5.92 Å². The van der Waals surface area contributed by atoms with Crippen molar-refractivity contribution in [1.29, 1.82) is 0 Å². The molecule has 0 unspecified atom stereocenters. The summed E-state index contributed by atoms with van der Waals surface area (Å²) in [4.78, 5) is 16.7. The summed E-state index contributed by atoms with van der Waals surface area (Å²) in [5.41, 5.74) is 4.08. The summed E-state index contributed by atoms with van der Waals surface area (Å²) in [5, 5.41) is 4.61. The molecule has 2 aromatic heterocycles. The highest BCUT2D eigenvalue weighted by Gasteiger charge is 2.21. The van der Waals surface area contributed by atoms with Crippen LogP contribution in [-0.2, 0) is 7.05 Å². The highest BCUT2D eigenvalue weighted by Crippen LogP contribution is 2.37. The molecule has 3 aromatic rings. The van der Waals surface area contributed by atoms with Crippen molar-refractivity contribution in [1.82, 2.24) is 9.55 Å². The van der Waals surface area contributed by atoms with Crippen molar-refractivity contribution in [3.8, 4) is 11.1 Å². The monoisotopic (exact) mass is 353 g/mol. The number of H-pyrrole nitrogens is 1. The zero-order valence-electron chi connectivity index (χ0n) is 14.6. The van der Waals surface area contributed by atoms with Crippen LogP contribution in [0.5, 0.6) is 0 Å². The molecule has 130 valence electrons. The number of aromatic nitrogens is 2. The largest absolute Gasteiger partial charge is 0.384 e. The first-order chi connectivity index (χ1) is 12.2. The molecule has 0 atom stereocenters. The molecule has 0 bridgehead atoms. The Hall–Kier alpha value is -2.14. The molecule has 0 radical (unpaired) electrons. The van der Waals surface area contributed by atoms with Crippen LogP contribution in [0.2, 0.25) is 0 Å². The van der Waals surface area contributed by atoms with E-state index >= 15 is 0 Å². The topological polar surface area (TPSA) is 49.8 Å². The number of pyridine rings is 1. The van der Waals surface area contributed by atoms with Gasteiger partial charge >= 0.3 is 0 Å². The molecule has 4 nitrogen and oxygen atoms in total. The summed E-state index contributed by atoms with van der Waals surface area (Å²) in [7, 11) is 1.81. The van der Waals surface area contributed by atoms with E-state index < -0.39 is 0 Å². The van der Waals surface area contributed by atoms with E-state index in [9.17, 15) is 4.79 Å². The van der Waals surface area contributed by atoms with E-state index in [1.165, 1.54) is 23.3 Å². The Labute approximate surface area is 151 Å². The number of rotatable bonds is 6. The summed E-state index contributed by atoms with van der Waals surface area (Å²) < 4.78 is 1.67. The van der Waals surface area contributed by atoms with Gasteiger partial charge in [0.25, 0.3) is 5.56 Å². The lowest BCUT2D eigenvalue weighted by Crippen LogP contribution is -2.16. The van der Waals surface area contributed by atoms with Gasteiger partial charge in [0.05, 0.1) is 0 Å². The fourth-order valence-corrected chi connectivity index (χ4v) is 3.92. The van der Waals surface area contributed by atoms with E-state index in [0.29, 0.717) is 5.52 Å². The number of nitrogens with zero attached hydrogens (tertiary/aromatic N) is 1. The van der Waals surface area contributed by atoms with Gasteiger partial charge in [-0.2, -0.15) is 0 Å². The highest BCUT2D eigenvalue weighted by molar-refractivity contribution is 7.99. The first-order valence-corrected chi connectivity index (χ1v) is 9.83. The number of anilines is 1. The van der Waals surface area contributed by atoms with Crippen LogP contribution in [0.1, 0.15) is 19.8 Å². The van der Waals surface area contributed by atoms with Gasteiger partial charge in [0.15, 0.2) is 0 Å². The Morgan fingerprint density at radius 2 is 2.12 bits per heavy atom. The van der Waals surface area contributed by atoms with E-state index in [1.54, 1.807) is 4.57 Å². The molecule has 2 heterocycles. The molecule has 0 saturated heterocycles. The zero-order valence-corrected chi connectivity index (χ0v) is 15.5. The maximum Gasteiger partial charge on any atom is 0.274 e. The minimum atomic E-state index is 0.00956. The fourth-order valence-electron chi connectivity index (χ4n) is 3.22. The standard InChI is InChI=1S/C20H23N3OS/c1-3-25-14-6-7-18(22-11-13-4-5-13)16(10-14)17-12-23(2)20(24)19-15(17)8-9-21-19/h6-10,12-13,21-22H,3-5,11H2,1-2H3. The van der Waals surface area contributed by atoms with E-state index in [1.807, 2.05) is 37.3 Å². The first-order valence-electron chi connectivity index (χ1n) is 8.85. The van der Waals surface area contributed by atoms with Gasteiger partial charge in [0.2, 0.25) is 0 Å². The summed E-state index contributed by atoms with van der Waals surface area (Å²) >= 11 is 1.84. The molecule has 4 rings (SSSR count). The number of fused-ring (bicyclic) bond motifs is 1. The Bertz CT molecular complexity index is 969. The van der Waals surface area contributed by atoms with Gasteiger partial charge < -0.3 is 14.9 Å². The number of hydrogen-bond donors (Lipinski definition) is 2. The summed E-state index contributed by atoms with van der Waals surface area (Å²) in [6.07, 6.45) is 6.45. The molecular weight excluding hydrogens is 330 g/mol. The fraction of sp³-hybridized carbons (Fsp3) is 0.350. The molecule has 25 heavy (non-hydrogen) atoms. The second-order valence-electron chi connectivity index (χ2n) is 6.69. The predicted molar refractivity (Wildman–Crippen MR) is 107 cm³/mol. The van der Waals surface area contributed by atoms with Gasteiger partial charge in [-0.3, -0.25) is 4.79 Å². The lowest BCUT2D eigenvalue weighted by atomic mass is 10.0. The molecule has 0 aliphatic heterocycles. The van der Waals surface area contributed by atoms with Crippen molar-refractivity contribution in [3.05, 3.63) is 47.0 Å². The molecule has 1 saturated carbocycles. The lowest BCUT2D eigenvalue weighted by molar-refractivity contribution is 0.871. The van der Waals surface area contributed by atoms with Gasteiger partial charge in [-0.25, -0.2) is 0 Å². The van der Waals surface area contributed by atoms with E-state index in [-0.39, 0.29) is 5.56 Å². The number of hydrogen-bond acceptors (Lipinski definition) is 3. The van der Waals surface area contributed by atoms with E-state index in [2.05, 4.69) is 35.4 Å². The van der Waals surface area contributed by atoms with Crippen LogP contribution in [-0.4, -0.2) is 21.8 Å². The smallest absolute Gasteiger partial charge is 0.274 e. The molecule has 1 aliphatic carbocycles. The Morgan fingerprint density at radius 3 is 2.88 bits per heavy atom.